The fraction of sp³-hybridized carbons (Fsp3) is 0.0435. The molecule has 3 aromatic carbocycles. The van der Waals surface area contributed by atoms with Crippen molar-refractivity contribution in [3.05, 3.63) is 93.9 Å². The summed E-state index contributed by atoms with van der Waals surface area (Å²) in [6.45, 7) is 0. The maximum atomic E-state index is 14.4. The van der Waals surface area contributed by atoms with Gasteiger partial charge in [0.15, 0.2) is 0 Å². The number of carbonyl (C=O) groups excluding carboxylic acids is 2. The summed E-state index contributed by atoms with van der Waals surface area (Å²) in [6, 6.07) is 16.1. The number of thioether (sulfide) groups is 1. The van der Waals surface area contributed by atoms with Crippen molar-refractivity contribution in [3.63, 3.8) is 0 Å². The van der Waals surface area contributed by atoms with E-state index in [4.69, 9.17) is 16.3 Å². The van der Waals surface area contributed by atoms with Gasteiger partial charge >= 0.3 is 0 Å². The minimum atomic E-state index is -1.01. The normalized spacial score (nSPS) is 13.9. The van der Waals surface area contributed by atoms with Gasteiger partial charge in [-0.2, -0.15) is 0 Å². The minimum Gasteiger partial charge on any atom is -0.497 e. The van der Waals surface area contributed by atoms with Crippen LogP contribution in [0, 0.1) is 11.6 Å². The molecule has 1 aliphatic rings. The zero-order valence-corrected chi connectivity index (χ0v) is 17.6. The Morgan fingerprint density at radius 2 is 1.58 bits per heavy atom. The van der Waals surface area contributed by atoms with Crippen LogP contribution in [0.4, 0.5) is 14.5 Å². The Labute approximate surface area is 186 Å². The van der Waals surface area contributed by atoms with Gasteiger partial charge in [-0.05, 0) is 54.1 Å². The highest BCUT2D eigenvalue weighted by atomic mass is 35.5. The number of rotatable bonds is 5. The molecule has 0 N–H and O–H groups in total. The fourth-order valence-corrected chi connectivity index (χ4v) is 4.24. The van der Waals surface area contributed by atoms with Gasteiger partial charge in [-0.25, -0.2) is 13.7 Å². The summed E-state index contributed by atoms with van der Waals surface area (Å²) in [5.74, 6) is -2.62. The zero-order chi connectivity index (χ0) is 22.1. The lowest BCUT2D eigenvalue weighted by Gasteiger charge is -2.16. The van der Waals surface area contributed by atoms with Gasteiger partial charge < -0.3 is 4.74 Å². The highest BCUT2D eigenvalue weighted by molar-refractivity contribution is 8.04. The van der Waals surface area contributed by atoms with E-state index < -0.39 is 23.4 Å². The topological polar surface area (TPSA) is 46.6 Å². The van der Waals surface area contributed by atoms with E-state index in [1.807, 2.05) is 0 Å². The van der Waals surface area contributed by atoms with Crippen LogP contribution in [-0.2, 0) is 9.59 Å². The van der Waals surface area contributed by atoms with Crippen LogP contribution in [0.2, 0.25) is 5.02 Å². The summed E-state index contributed by atoms with van der Waals surface area (Å²) < 4.78 is 33.0. The van der Waals surface area contributed by atoms with Crippen molar-refractivity contribution in [2.45, 2.75) is 4.90 Å². The quantitative estimate of drug-likeness (QED) is 0.461. The first-order valence-electron chi connectivity index (χ1n) is 9.05. The van der Waals surface area contributed by atoms with Gasteiger partial charge in [0.2, 0.25) is 0 Å². The number of nitrogens with zero attached hydrogens (tertiary/aromatic N) is 1. The van der Waals surface area contributed by atoms with Crippen LogP contribution < -0.4 is 9.64 Å². The molecule has 4 rings (SSSR count). The lowest BCUT2D eigenvalue weighted by atomic mass is 10.1. The van der Waals surface area contributed by atoms with Crippen LogP contribution in [0.3, 0.4) is 0 Å². The van der Waals surface area contributed by atoms with Crippen LogP contribution in [0.1, 0.15) is 5.56 Å². The van der Waals surface area contributed by atoms with Gasteiger partial charge in [-0.1, -0.05) is 35.5 Å². The molecule has 0 fully saturated rings. The molecule has 156 valence electrons. The largest absolute Gasteiger partial charge is 0.497 e. The molecule has 0 saturated heterocycles. The number of methoxy groups -OCH3 is 1. The average Bonchev–Trinajstić information content (AvgIpc) is 2.99. The third-order valence-corrected chi connectivity index (χ3v) is 5.95. The summed E-state index contributed by atoms with van der Waals surface area (Å²) in [5.41, 5.74) is 0.283. The Hall–Kier alpha value is -3.16. The number of anilines is 1. The second-order valence-corrected chi connectivity index (χ2v) is 8.05. The second-order valence-electron chi connectivity index (χ2n) is 6.53. The molecule has 0 unspecified atom stereocenters. The summed E-state index contributed by atoms with van der Waals surface area (Å²) in [5, 5.41) is 0.526. The summed E-state index contributed by atoms with van der Waals surface area (Å²) in [4.78, 5) is 28.1. The SMILES string of the molecule is COc1ccc(C2=C(Sc3ccc(Cl)cc3)C(=O)N(c3ccc(F)cc3F)C2=O)cc1. The van der Waals surface area contributed by atoms with E-state index in [1.165, 1.54) is 7.11 Å². The predicted octanol–water partition coefficient (Wildman–Crippen LogP) is 5.70. The Kier molecular flexibility index (Phi) is 5.80. The minimum absolute atomic E-state index is 0.122. The molecule has 0 spiro atoms. The number of hydrogen-bond acceptors (Lipinski definition) is 4. The summed E-state index contributed by atoms with van der Waals surface area (Å²) in [6.07, 6.45) is 0. The van der Waals surface area contributed by atoms with E-state index in [-0.39, 0.29) is 16.2 Å². The van der Waals surface area contributed by atoms with Crippen molar-refractivity contribution in [2.75, 3.05) is 12.0 Å². The van der Waals surface area contributed by atoms with Gasteiger partial charge in [-0.15, -0.1) is 0 Å². The number of imide groups is 1. The first-order valence-corrected chi connectivity index (χ1v) is 10.2. The van der Waals surface area contributed by atoms with Gasteiger partial charge in [0.25, 0.3) is 11.8 Å². The molecule has 1 aliphatic heterocycles. The van der Waals surface area contributed by atoms with Gasteiger partial charge in [-0.3, -0.25) is 9.59 Å². The zero-order valence-electron chi connectivity index (χ0n) is 16.1. The van der Waals surface area contributed by atoms with Crippen LogP contribution in [0.15, 0.2) is 76.5 Å². The van der Waals surface area contributed by atoms with Crippen LogP contribution in [0.5, 0.6) is 5.75 Å². The van der Waals surface area contributed by atoms with E-state index in [0.29, 0.717) is 27.3 Å². The van der Waals surface area contributed by atoms with Crippen molar-refractivity contribution in [1.29, 1.82) is 0 Å². The molecule has 31 heavy (non-hydrogen) atoms. The van der Waals surface area contributed by atoms with Gasteiger partial charge in [0.1, 0.15) is 17.4 Å². The molecule has 1 heterocycles. The second kappa shape index (κ2) is 8.53. The summed E-state index contributed by atoms with van der Waals surface area (Å²) in [7, 11) is 1.51. The molecular formula is C23H14ClF2NO3S. The smallest absolute Gasteiger partial charge is 0.273 e. The number of halogens is 3. The van der Waals surface area contributed by atoms with Crippen LogP contribution in [0.25, 0.3) is 5.57 Å². The van der Waals surface area contributed by atoms with Crippen molar-refractivity contribution in [1.82, 2.24) is 0 Å². The summed E-state index contributed by atoms with van der Waals surface area (Å²) >= 11 is 7.01. The molecule has 8 heteroatoms. The highest BCUT2D eigenvalue weighted by Gasteiger charge is 2.41. The molecule has 0 bridgehead atoms. The van der Waals surface area contributed by atoms with Gasteiger partial charge in [0.05, 0.1) is 23.3 Å². The molecule has 3 aromatic rings. The molecule has 2 amide bonds. The first kappa shape index (κ1) is 21.1. The van der Waals surface area contributed by atoms with Crippen molar-refractivity contribution >= 4 is 46.4 Å². The number of hydrogen-bond donors (Lipinski definition) is 0. The lowest BCUT2D eigenvalue weighted by molar-refractivity contribution is -0.119. The molecule has 0 aromatic heterocycles. The fourth-order valence-electron chi connectivity index (χ4n) is 3.12. The molecule has 0 radical (unpaired) electrons. The van der Waals surface area contributed by atoms with E-state index in [9.17, 15) is 18.4 Å². The third-order valence-electron chi connectivity index (χ3n) is 4.60. The Bertz CT molecular complexity index is 1210. The highest BCUT2D eigenvalue weighted by Crippen LogP contribution is 2.42. The third kappa shape index (κ3) is 4.06. The van der Waals surface area contributed by atoms with Crippen molar-refractivity contribution < 1.29 is 23.1 Å². The Morgan fingerprint density at radius 1 is 0.903 bits per heavy atom. The number of ether oxygens (including phenoxy) is 1. The standard InChI is InChI=1S/C23H14ClF2NO3S/c1-30-16-7-2-13(3-8-16)20-21(31-17-9-4-14(24)5-10-17)23(29)27(22(20)28)19-11-6-15(25)12-18(19)26/h2-12H,1H3. The van der Waals surface area contributed by atoms with E-state index in [1.54, 1.807) is 48.5 Å². The number of carbonyl (C=O) groups is 2. The number of amides is 2. The maximum Gasteiger partial charge on any atom is 0.273 e. The van der Waals surface area contributed by atoms with Crippen molar-refractivity contribution in [3.8, 4) is 5.75 Å². The number of benzene rings is 3. The first-order chi connectivity index (χ1) is 14.9. The molecule has 0 atom stereocenters. The molecule has 0 saturated carbocycles. The monoisotopic (exact) mass is 457 g/mol. The molecular weight excluding hydrogens is 444 g/mol. The van der Waals surface area contributed by atoms with E-state index in [2.05, 4.69) is 0 Å². The maximum absolute atomic E-state index is 14.4. The van der Waals surface area contributed by atoms with E-state index in [0.717, 1.165) is 28.8 Å². The van der Waals surface area contributed by atoms with Crippen molar-refractivity contribution in [2.24, 2.45) is 0 Å². The Morgan fingerprint density at radius 3 is 2.19 bits per heavy atom. The predicted molar refractivity (Wildman–Crippen MR) is 116 cm³/mol. The average molecular weight is 458 g/mol. The van der Waals surface area contributed by atoms with E-state index >= 15 is 0 Å². The van der Waals surface area contributed by atoms with Gasteiger partial charge in [0, 0.05) is 16.0 Å². The van der Waals surface area contributed by atoms with Crippen LogP contribution in [-0.4, -0.2) is 18.9 Å². The van der Waals surface area contributed by atoms with Crippen LogP contribution >= 0.6 is 23.4 Å². The lowest BCUT2D eigenvalue weighted by Crippen LogP contribution is -2.32. The Balaban J connectivity index is 1.82. The molecule has 4 nitrogen and oxygen atoms in total. The molecule has 0 aliphatic carbocycles.